The van der Waals surface area contributed by atoms with Gasteiger partial charge in [0.15, 0.2) is 0 Å². The molecule has 1 atom stereocenters. The van der Waals surface area contributed by atoms with Crippen LogP contribution in [0.5, 0.6) is 0 Å². The first kappa shape index (κ1) is 11.7. The topological polar surface area (TPSA) is 46.2 Å². The molecule has 0 aliphatic carbocycles. The lowest BCUT2D eigenvalue weighted by Gasteiger charge is -2.14. The molecule has 2 heteroatoms. The van der Waals surface area contributed by atoms with Crippen LogP contribution < -0.4 is 5.73 Å². The van der Waals surface area contributed by atoms with Crippen molar-refractivity contribution in [3.8, 4) is 0 Å². The number of benzene rings is 2. The predicted molar refractivity (Wildman–Crippen MR) is 70.7 cm³/mol. The fraction of sp³-hybridized carbons (Fsp3) is 0.200. The molecule has 2 aromatic carbocycles. The zero-order chi connectivity index (χ0) is 12.3. The Labute approximate surface area is 102 Å². The van der Waals surface area contributed by atoms with Crippen LogP contribution >= 0.6 is 0 Å². The van der Waals surface area contributed by atoms with Crippen molar-refractivity contribution in [3.63, 3.8) is 0 Å². The summed E-state index contributed by atoms with van der Waals surface area (Å²) in [6.45, 7) is 2.11. The Balaban J connectivity index is 2.30. The molecule has 2 rings (SSSR count). The van der Waals surface area contributed by atoms with Crippen LogP contribution in [0.3, 0.4) is 0 Å². The number of hydrogen-bond acceptors (Lipinski definition) is 2. The van der Waals surface area contributed by atoms with E-state index in [0.717, 1.165) is 17.5 Å². The Morgan fingerprint density at radius 1 is 1.06 bits per heavy atom. The van der Waals surface area contributed by atoms with Crippen molar-refractivity contribution >= 4 is 5.69 Å². The zero-order valence-corrected chi connectivity index (χ0v) is 9.93. The van der Waals surface area contributed by atoms with E-state index in [1.54, 1.807) is 6.07 Å². The first-order valence-corrected chi connectivity index (χ1v) is 5.83. The summed E-state index contributed by atoms with van der Waals surface area (Å²) >= 11 is 0. The van der Waals surface area contributed by atoms with Crippen molar-refractivity contribution in [1.82, 2.24) is 0 Å². The Hall–Kier alpha value is -1.80. The van der Waals surface area contributed by atoms with Crippen LogP contribution in [0.2, 0.25) is 0 Å². The fourth-order valence-corrected chi connectivity index (χ4v) is 1.88. The van der Waals surface area contributed by atoms with Crippen molar-refractivity contribution in [2.24, 2.45) is 0 Å². The molecule has 0 aliphatic heterocycles. The number of nitrogen functional groups attached to an aromatic ring is 1. The lowest BCUT2D eigenvalue weighted by atomic mass is 9.99. The quantitative estimate of drug-likeness (QED) is 0.792. The van der Waals surface area contributed by atoms with Crippen LogP contribution in [0, 0.1) is 0 Å². The number of aliphatic hydroxyl groups excluding tert-OH is 1. The monoisotopic (exact) mass is 227 g/mol. The van der Waals surface area contributed by atoms with Crippen molar-refractivity contribution in [3.05, 3.63) is 65.2 Å². The first-order valence-electron chi connectivity index (χ1n) is 5.83. The molecule has 2 nitrogen and oxygen atoms in total. The number of hydrogen-bond donors (Lipinski definition) is 2. The van der Waals surface area contributed by atoms with E-state index in [-0.39, 0.29) is 0 Å². The number of aryl methyl sites for hydroxylation is 1. The molecular weight excluding hydrogens is 210 g/mol. The maximum atomic E-state index is 10.3. The fourth-order valence-electron chi connectivity index (χ4n) is 1.88. The van der Waals surface area contributed by atoms with Crippen molar-refractivity contribution in [2.45, 2.75) is 19.4 Å². The maximum absolute atomic E-state index is 10.3. The maximum Gasteiger partial charge on any atom is 0.106 e. The summed E-state index contributed by atoms with van der Waals surface area (Å²) in [4.78, 5) is 0. The third kappa shape index (κ3) is 2.48. The van der Waals surface area contributed by atoms with Gasteiger partial charge < -0.3 is 10.8 Å². The van der Waals surface area contributed by atoms with Gasteiger partial charge in [-0.25, -0.2) is 0 Å². The smallest absolute Gasteiger partial charge is 0.106 e. The lowest BCUT2D eigenvalue weighted by Crippen LogP contribution is -2.03. The van der Waals surface area contributed by atoms with E-state index < -0.39 is 6.10 Å². The summed E-state index contributed by atoms with van der Waals surface area (Å²) in [5.41, 5.74) is 9.38. The Morgan fingerprint density at radius 3 is 2.29 bits per heavy atom. The molecule has 3 N–H and O–H groups in total. The summed E-state index contributed by atoms with van der Waals surface area (Å²) in [5, 5.41) is 10.3. The zero-order valence-electron chi connectivity index (χ0n) is 9.93. The molecule has 0 aliphatic rings. The summed E-state index contributed by atoms with van der Waals surface area (Å²) in [7, 11) is 0. The molecule has 0 saturated carbocycles. The molecule has 0 saturated heterocycles. The molecule has 2 aromatic rings. The first-order chi connectivity index (χ1) is 8.22. The standard InChI is InChI=1S/C15H17NO/c1-2-11-7-9-12(10-8-11)15(17)13-5-3-4-6-14(13)16/h3-10,15,17H,2,16H2,1H3/t15-/m1/s1. The van der Waals surface area contributed by atoms with Gasteiger partial charge >= 0.3 is 0 Å². The highest BCUT2D eigenvalue weighted by Crippen LogP contribution is 2.26. The van der Waals surface area contributed by atoms with Gasteiger partial charge in [-0.3, -0.25) is 0 Å². The highest BCUT2D eigenvalue weighted by atomic mass is 16.3. The molecule has 17 heavy (non-hydrogen) atoms. The number of para-hydroxylation sites is 1. The predicted octanol–water partition coefficient (Wildman–Crippen LogP) is 2.91. The second-order valence-corrected chi connectivity index (χ2v) is 4.13. The minimum atomic E-state index is -0.651. The van der Waals surface area contributed by atoms with Crippen LogP contribution in [0.4, 0.5) is 5.69 Å². The van der Waals surface area contributed by atoms with Gasteiger partial charge in [-0.1, -0.05) is 49.4 Å². The van der Waals surface area contributed by atoms with Gasteiger partial charge in [0.05, 0.1) is 0 Å². The highest BCUT2D eigenvalue weighted by Gasteiger charge is 2.12. The Kier molecular flexibility index (Phi) is 3.45. The molecule has 0 fully saturated rings. The van der Waals surface area contributed by atoms with E-state index in [1.807, 2.05) is 42.5 Å². The van der Waals surface area contributed by atoms with Crippen LogP contribution in [0.1, 0.15) is 29.7 Å². The molecule has 0 heterocycles. The van der Waals surface area contributed by atoms with Gasteiger partial charge in [-0.15, -0.1) is 0 Å². The average Bonchev–Trinajstić information content (AvgIpc) is 2.39. The van der Waals surface area contributed by atoms with Crippen molar-refractivity contribution in [1.29, 1.82) is 0 Å². The minimum absolute atomic E-state index is 0.625. The van der Waals surface area contributed by atoms with Gasteiger partial charge in [0, 0.05) is 11.3 Å². The van der Waals surface area contributed by atoms with E-state index in [9.17, 15) is 5.11 Å². The molecule has 0 unspecified atom stereocenters. The SMILES string of the molecule is CCc1ccc([C@@H](O)c2ccccc2N)cc1. The van der Waals surface area contributed by atoms with Crippen LogP contribution in [-0.2, 0) is 6.42 Å². The number of anilines is 1. The number of nitrogens with two attached hydrogens (primary N) is 1. The lowest BCUT2D eigenvalue weighted by molar-refractivity contribution is 0.221. The molecule has 0 amide bonds. The van der Waals surface area contributed by atoms with Gasteiger partial charge in [-0.05, 0) is 23.6 Å². The van der Waals surface area contributed by atoms with E-state index in [2.05, 4.69) is 6.92 Å². The van der Waals surface area contributed by atoms with Gasteiger partial charge in [-0.2, -0.15) is 0 Å². The van der Waals surface area contributed by atoms with Gasteiger partial charge in [0.25, 0.3) is 0 Å². The highest BCUT2D eigenvalue weighted by molar-refractivity contribution is 5.50. The largest absolute Gasteiger partial charge is 0.398 e. The van der Waals surface area contributed by atoms with E-state index in [0.29, 0.717) is 5.69 Å². The molecular formula is C15H17NO. The van der Waals surface area contributed by atoms with Gasteiger partial charge in [0.1, 0.15) is 6.10 Å². The minimum Gasteiger partial charge on any atom is -0.398 e. The molecule has 0 bridgehead atoms. The Morgan fingerprint density at radius 2 is 1.71 bits per heavy atom. The van der Waals surface area contributed by atoms with Crippen LogP contribution in [-0.4, -0.2) is 5.11 Å². The summed E-state index contributed by atoms with van der Waals surface area (Å²) in [6, 6.07) is 15.4. The van der Waals surface area contributed by atoms with E-state index in [4.69, 9.17) is 5.73 Å². The van der Waals surface area contributed by atoms with E-state index >= 15 is 0 Å². The Bertz CT molecular complexity index is 491. The normalized spacial score (nSPS) is 12.4. The third-order valence-corrected chi connectivity index (χ3v) is 2.99. The second-order valence-electron chi connectivity index (χ2n) is 4.13. The summed E-state index contributed by atoms with van der Waals surface area (Å²) in [5.74, 6) is 0. The third-order valence-electron chi connectivity index (χ3n) is 2.99. The molecule has 0 spiro atoms. The molecule has 88 valence electrons. The van der Waals surface area contributed by atoms with Crippen LogP contribution in [0.15, 0.2) is 48.5 Å². The molecule has 0 radical (unpaired) electrons. The van der Waals surface area contributed by atoms with Crippen molar-refractivity contribution < 1.29 is 5.11 Å². The molecule has 0 aromatic heterocycles. The van der Waals surface area contributed by atoms with Gasteiger partial charge in [0.2, 0.25) is 0 Å². The summed E-state index contributed by atoms with van der Waals surface area (Å²) < 4.78 is 0. The van der Waals surface area contributed by atoms with Crippen LogP contribution in [0.25, 0.3) is 0 Å². The average molecular weight is 227 g/mol. The number of rotatable bonds is 3. The van der Waals surface area contributed by atoms with Crippen molar-refractivity contribution in [2.75, 3.05) is 5.73 Å². The second kappa shape index (κ2) is 5.02. The van der Waals surface area contributed by atoms with E-state index in [1.165, 1.54) is 5.56 Å². The number of aliphatic hydroxyl groups is 1. The summed E-state index contributed by atoms with van der Waals surface area (Å²) in [6.07, 6.45) is 0.353.